The van der Waals surface area contributed by atoms with E-state index in [9.17, 15) is 0 Å². The molecule has 2 aromatic rings. The fourth-order valence-electron chi connectivity index (χ4n) is 3.13. The van der Waals surface area contributed by atoms with Crippen LogP contribution in [-0.2, 0) is 0 Å². The van der Waals surface area contributed by atoms with Gasteiger partial charge in [0.1, 0.15) is 5.82 Å². The van der Waals surface area contributed by atoms with Crippen molar-refractivity contribution in [3.8, 4) is 0 Å². The van der Waals surface area contributed by atoms with Crippen LogP contribution in [-0.4, -0.2) is 39.8 Å². The molecule has 1 saturated carbocycles. The molecule has 2 aromatic heterocycles. The fraction of sp³-hybridized carbons (Fsp3) is 0.667. The van der Waals surface area contributed by atoms with E-state index in [1.165, 1.54) is 25.7 Å². The lowest BCUT2D eigenvalue weighted by molar-refractivity contribution is 0.340. The van der Waals surface area contributed by atoms with Gasteiger partial charge in [0.15, 0.2) is 5.65 Å². The Morgan fingerprint density at radius 1 is 1.29 bits per heavy atom. The molecule has 0 aliphatic heterocycles. The number of fused-ring (bicyclic) bond motifs is 1. The number of rotatable bonds is 4. The second-order valence-electron chi connectivity index (χ2n) is 6.06. The van der Waals surface area contributed by atoms with E-state index < -0.39 is 0 Å². The van der Waals surface area contributed by atoms with E-state index in [0.29, 0.717) is 12.0 Å². The van der Waals surface area contributed by atoms with Crippen molar-refractivity contribution in [1.82, 2.24) is 20.2 Å². The molecule has 0 amide bonds. The predicted octanol–water partition coefficient (Wildman–Crippen LogP) is 2.80. The molecule has 114 valence electrons. The van der Waals surface area contributed by atoms with E-state index in [2.05, 4.69) is 39.4 Å². The molecule has 0 unspecified atom stereocenters. The molecule has 6 heteroatoms. The third-order valence-corrected chi connectivity index (χ3v) is 4.49. The minimum absolute atomic E-state index is 0.559. The van der Waals surface area contributed by atoms with Crippen LogP contribution in [0.2, 0.25) is 0 Å². The number of aromatic amines is 1. The highest BCUT2D eigenvalue weighted by Gasteiger charge is 2.24. The van der Waals surface area contributed by atoms with E-state index in [-0.39, 0.29) is 0 Å². The lowest BCUT2D eigenvalue weighted by Gasteiger charge is -2.34. The topological polar surface area (TPSA) is 69.7 Å². The van der Waals surface area contributed by atoms with Crippen molar-refractivity contribution < 1.29 is 0 Å². The highest BCUT2D eigenvalue weighted by atomic mass is 15.3. The zero-order chi connectivity index (χ0) is 14.8. The lowest BCUT2D eigenvalue weighted by atomic mass is 9.87. The van der Waals surface area contributed by atoms with Gasteiger partial charge in [-0.25, -0.2) is 0 Å². The van der Waals surface area contributed by atoms with Gasteiger partial charge in [0, 0.05) is 19.6 Å². The van der Waals surface area contributed by atoms with Gasteiger partial charge in [0.2, 0.25) is 5.95 Å². The van der Waals surface area contributed by atoms with Crippen LogP contribution in [0.25, 0.3) is 11.0 Å². The average Bonchev–Trinajstić information content (AvgIpc) is 2.95. The Morgan fingerprint density at radius 3 is 2.76 bits per heavy atom. The number of nitrogens with zero attached hydrogens (tertiary/aromatic N) is 4. The molecule has 0 saturated heterocycles. The number of nitrogens with one attached hydrogen (secondary N) is 2. The molecule has 0 aromatic carbocycles. The second kappa shape index (κ2) is 5.87. The summed E-state index contributed by atoms with van der Waals surface area (Å²) in [5, 5.41) is 11.3. The van der Waals surface area contributed by atoms with Crippen molar-refractivity contribution in [2.24, 2.45) is 5.92 Å². The number of H-pyrrole nitrogens is 1. The van der Waals surface area contributed by atoms with Gasteiger partial charge in [-0.15, -0.1) is 0 Å². The van der Waals surface area contributed by atoms with Crippen molar-refractivity contribution >= 4 is 22.8 Å². The summed E-state index contributed by atoms with van der Waals surface area (Å²) in [5.41, 5.74) is 0.798. The van der Waals surface area contributed by atoms with Crippen LogP contribution in [0, 0.1) is 5.92 Å². The smallest absolute Gasteiger partial charge is 0.226 e. The molecular weight excluding hydrogens is 264 g/mol. The number of anilines is 2. The number of aromatic nitrogens is 4. The molecule has 0 radical (unpaired) electrons. The van der Waals surface area contributed by atoms with Crippen molar-refractivity contribution in [3.63, 3.8) is 0 Å². The Kier molecular flexibility index (Phi) is 3.94. The molecule has 0 spiro atoms. The third-order valence-electron chi connectivity index (χ3n) is 4.49. The summed E-state index contributed by atoms with van der Waals surface area (Å²) < 4.78 is 0. The Labute approximate surface area is 125 Å². The molecule has 0 bridgehead atoms. The van der Waals surface area contributed by atoms with Crippen LogP contribution in [0.15, 0.2) is 6.20 Å². The minimum atomic E-state index is 0.559. The normalized spacial score (nSPS) is 22.4. The number of hydrogen-bond donors (Lipinski definition) is 2. The maximum atomic E-state index is 4.70. The van der Waals surface area contributed by atoms with E-state index in [1.54, 1.807) is 0 Å². The summed E-state index contributed by atoms with van der Waals surface area (Å²) in [7, 11) is 2.14. The van der Waals surface area contributed by atoms with Crippen LogP contribution < -0.4 is 10.2 Å². The van der Waals surface area contributed by atoms with Crippen molar-refractivity contribution in [1.29, 1.82) is 0 Å². The molecule has 1 aliphatic rings. The SMILES string of the molecule is CCNc1nc(N(C)C2CCC(C)CC2)c2cn[nH]c2n1. The maximum absolute atomic E-state index is 4.70. The van der Waals surface area contributed by atoms with Gasteiger partial charge in [-0.3, -0.25) is 5.10 Å². The Hall–Kier alpha value is -1.85. The predicted molar refractivity (Wildman–Crippen MR) is 85.7 cm³/mol. The van der Waals surface area contributed by atoms with Gasteiger partial charge in [-0.05, 0) is 38.5 Å². The van der Waals surface area contributed by atoms with Gasteiger partial charge < -0.3 is 10.2 Å². The first-order chi connectivity index (χ1) is 10.2. The summed E-state index contributed by atoms with van der Waals surface area (Å²) in [5.74, 6) is 2.50. The summed E-state index contributed by atoms with van der Waals surface area (Å²) >= 11 is 0. The summed E-state index contributed by atoms with van der Waals surface area (Å²) in [6.45, 7) is 5.20. The molecule has 21 heavy (non-hydrogen) atoms. The standard InChI is InChI=1S/C15H24N6/c1-4-16-15-18-13-12(9-17-20-13)14(19-15)21(3)11-7-5-10(2)6-8-11/h9-11H,4-8H2,1-3H3,(H2,16,17,18,19,20). The molecule has 2 N–H and O–H groups in total. The zero-order valence-corrected chi connectivity index (χ0v) is 13.1. The monoisotopic (exact) mass is 288 g/mol. The minimum Gasteiger partial charge on any atom is -0.356 e. The average molecular weight is 288 g/mol. The molecule has 1 fully saturated rings. The molecule has 1 aliphatic carbocycles. The summed E-state index contributed by atoms with van der Waals surface area (Å²) in [6.07, 6.45) is 6.89. The van der Waals surface area contributed by atoms with Crippen LogP contribution >= 0.6 is 0 Å². The van der Waals surface area contributed by atoms with Gasteiger partial charge in [0.25, 0.3) is 0 Å². The largest absolute Gasteiger partial charge is 0.356 e. The fourth-order valence-corrected chi connectivity index (χ4v) is 3.13. The van der Waals surface area contributed by atoms with Gasteiger partial charge in [-0.2, -0.15) is 15.1 Å². The van der Waals surface area contributed by atoms with Crippen LogP contribution in [0.4, 0.5) is 11.8 Å². The molecule has 3 rings (SSSR count). The molecular formula is C15H24N6. The van der Waals surface area contributed by atoms with Crippen LogP contribution in [0.3, 0.4) is 0 Å². The van der Waals surface area contributed by atoms with Crippen molar-refractivity contribution in [3.05, 3.63) is 6.20 Å². The first kappa shape index (κ1) is 14.1. The Bertz CT molecular complexity index is 599. The van der Waals surface area contributed by atoms with E-state index in [0.717, 1.165) is 29.3 Å². The van der Waals surface area contributed by atoms with Crippen LogP contribution in [0.1, 0.15) is 39.5 Å². The molecule has 6 nitrogen and oxygen atoms in total. The van der Waals surface area contributed by atoms with Crippen molar-refractivity contribution in [2.45, 2.75) is 45.6 Å². The third kappa shape index (κ3) is 2.80. The molecule has 2 heterocycles. The first-order valence-electron chi connectivity index (χ1n) is 7.86. The summed E-state index contributed by atoms with van der Waals surface area (Å²) in [6, 6.07) is 0.559. The Balaban J connectivity index is 1.92. The van der Waals surface area contributed by atoms with E-state index in [1.807, 2.05) is 13.1 Å². The second-order valence-corrected chi connectivity index (χ2v) is 6.06. The maximum Gasteiger partial charge on any atom is 0.226 e. The van der Waals surface area contributed by atoms with E-state index in [4.69, 9.17) is 4.98 Å². The quantitative estimate of drug-likeness (QED) is 0.905. The first-order valence-corrected chi connectivity index (χ1v) is 7.86. The van der Waals surface area contributed by atoms with Gasteiger partial charge >= 0.3 is 0 Å². The highest BCUT2D eigenvalue weighted by molar-refractivity contribution is 5.87. The van der Waals surface area contributed by atoms with Crippen LogP contribution in [0.5, 0.6) is 0 Å². The number of hydrogen-bond acceptors (Lipinski definition) is 5. The van der Waals surface area contributed by atoms with Crippen molar-refractivity contribution in [2.75, 3.05) is 23.8 Å². The lowest BCUT2D eigenvalue weighted by Crippen LogP contribution is -2.35. The highest BCUT2D eigenvalue weighted by Crippen LogP contribution is 2.31. The van der Waals surface area contributed by atoms with Gasteiger partial charge in [-0.1, -0.05) is 6.92 Å². The Morgan fingerprint density at radius 2 is 2.05 bits per heavy atom. The van der Waals surface area contributed by atoms with Gasteiger partial charge in [0.05, 0.1) is 11.6 Å². The summed E-state index contributed by atoms with van der Waals surface area (Å²) in [4.78, 5) is 11.5. The molecule has 0 atom stereocenters. The zero-order valence-electron chi connectivity index (χ0n) is 13.1. The van der Waals surface area contributed by atoms with E-state index >= 15 is 0 Å².